The first-order chi connectivity index (χ1) is 7.25. The molecular formula is C12H15FOS. The third kappa shape index (κ3) is 2.95. The molecule has 0 radical (unpaired) electrons. The van der Waals surface area contributed by atoms with Gasteiger partial charge in [0.05, 0.1) is 6.61 Å². The van der Waals surface area contributed by atoms with Gasteiger partial charge < -0.3 is 4.74 Å². The Morgan fingerprint density at radius 2 is 2.33 bits per heavy atom. The highest BCUT2D eigenvalue weighted by Crippen LogP contribution is 2.23. The summed E-state index contributed by atoms with van der Waals surface area (Å²) in [7, 11) is 0. The van der Waals surface area contributed by atoms with Gasteiger partial charge in [-0.2, -0.15) is 12.6 Å². The molecule has 1 fully saturated rings. The van der Waals surface area contributed by atoms with Gasteiger partial charge in [0.2, 0.25) is 0 Å². The van der Waals surface area contributed by atoms with Crippen LogP contribution in [0, 0.1) is 11.7 Å². The van der Waals surface area contributed by atoms with Crippen LogP contribution in [0.1, 0.15) is 12.0 Å². The van der Waals surface area contributed by atoms with Crippen molar-refractivity contribution in [3.05, 3.63) is 35.6 Å². The lowest BCUT2D eigenvalue weighted by Gasteiger charge is -2.28. The molecule has 0 saturated carbocycles. The van der Waals surface area contributed by atoms with Gasteiger partial charge in [-0.3, -0.25) is 0 Å². The first-order valence-corrected chi connectivity index (χ1v) is 5.77. The molecule has 1 saturated heterocycles. The molecule has 1 nitrogen and oxygen atoms in total. The van der Waals surface area contributed by atoms with E-state index in [9.17, 15) is 4.39 Å². The minimum atomic E-state index is -0.167. The van der Waals surface area contributed by atoms with Crippen LogP contribution in [0.2, 0.25) is 0 Å². The third-order valence-corrected chi connectivity index (χ3v) is 3.50. The average molecular weight is 226 g/mol. The number of benzene rings is 1. The molecular weight excluding hydrogens is 211 g/mol. The van der Waals surface area contributed by atoms with Crippen molar-refractivity contribution in [2.45, 2.75) is 18.1 Å². The van der Waals surface area contributed by atoms with Crippen molar-refractivity contribution in [3.63, 3.8) is 0 Å². The second kappa shape index (κ2) is 4.99. The van der Waals surface area contributed by atoms with Crippen LogP contribution in [0.3, 0.4) is 0 Å². The van der Waals surface area contributed by atoms with Crippen molar-refractivity contribution in [1.82, 2.24) is 0 Å². The molecule has 0 amide bonds. The Balaban J connectivity index is 2.01. The maximum Gasteiger partial charge on any atom is 0.123 e. The molecule has 15 heavy (non-hydrogen) atoms. The predicted molar refractivity (Wildman–Crippen MR) is 61.8 cm³/mol. The summed E-state index contributed by atoms with van der Waals surface area (Å²) in [6.45, 7) is 1.54. The zero-order valence-corrected chi connectivity index (χ0v) is 9.42. The second-order valence-electron chi connectivity index (χ2n) is 4.03. The van der Waals surface area contributed by atoms with Crippen LogP contribution in [-0.4, -0.2) is 18.5 Å². The summed E-state index contributed by atoms with van der Waals surface area (Å²) in [4.78, 5) is 0. The van der Waals surface area contributed by atoms with Gasteiger partial charge >= 0.3 is 0 Å². The van der Waals surface area contributed by atoms with Crippen LogP contribution in [-0.2, 0) is 11.2 Å². The number of rotatable bonds is 2. The number of hydrogen-bond acceptors (Lipinski definition) is 2. The van der Waals surface area contributed by atoms with E-state index in [4.69, 9.17) is 4.74 Å². The molecule has 0 aliphatic carbocycles. The largest absolute Gasteiger partial charge is 0.381 e. The van der Waals surface area contributed by atoms with Crippen LogP contribution in [0.5, 0.6) is 0 Å². The summed E-state index contributed by atoms with van der Waals surface area (Å²) < 4.78 is 18.4. The van der Waals surface area contributed by atoms with Gasteiger partial charge in [-0.05, 0) is 36.5 Å². The van der Waals surface area contributed by atoms with Gasteiger partial charge in [0.25, 0.3) is 0 Å². The smallest absolute Gasteiger partial charge is 0.123 e. The summed E-state index contributed by atoms with van der Waals surface area (Å²) >= 11 is 4.54. The molecule has 1 aromatic carbocycles. The lowest BCUT2D eigenvalue weighted by atomic mass is 9.93. The highest BCUT2D eigenvalue weighted by atomic mass is 32.1. The van der Waals surface area contributed by atoms with E-state index in [-0.39, 0.29) is 5.82 Å². The molecule has 0 aromatic heterocycles. The normalized spacial score (nSPS) is 26.5. The molecule has 2 atom stereocenters. The Bertz CT molecular complexity index is 329. The van der Waals surface area contributed by atoms with Crippen molar-refractivity contribution in [2.75, 3.05) is 13.2 Å². The summed E-state index contributed by atoms with van der Waals surface area (Å²) in [6.07, 6.45) is 1.84. The summed E-state index contributed by atoms with van der Waals surface area (Å²) in [5, 5.41) is 0.377. The zero-order chi connectivity index (χ0) is 10.7. The van der Waals surface area contributed by atoms with Crippen LogP contribution in [0.4, 0.5) is 4.39 Å². The van der Waals surface area contributed by atoms with E-state index in [1.807, 2.05) is 6.07 Å². The molecule has 3 heteroatoms. The van der Waals surface area contributed by atoms with Gasteiger partial charge in [-0.1, -0.05) is 12.1 Å². The summed E-state index contributed by atoms with van der Waals surface area (Å²) in [6, 6.07) is 6.77. The van der Waals surface area contributed by atoms with Gasteiger partial charge in [-0.15, -0.1) is 0 Å². The fourth-order valence-corrected chi connectivity index (χ4v) is 2.24. The second-order valence-corrected chi connectivity index (χ2v) is 4.69. The molecule has 0 bridgehead atoms. The van der Waals surface area contributed by atoms with E-state index in [0.717, 1.165) is 31.6 Å². The molecule has 82 valence electrons. The maximum absolute atomic E-state index is 13.0. The molecule has 1 heterocycles. The van der Waals surface area contributed by atoms with Gasteiger partial charge in [0.15, 0.2) is 0 Å². The van der Waals surface area contributed by atoms with Gasteiger partial charge in [0.1, 0.15) is 5.82 Å². The van der Waals surface area contributed by atoms with E-state index in [1.54, 1.807) is 12.1 Å². The van der Waals surface area contributed by atoms with E-state index < -0.39 is 0 Å². The number of thiol groups is 1. The summed E-state index contributed by atoms with van der Waals surface area (Å²) in [5.74, 6) is 0.240. The molecule has 1 aliphatic rings. The van der Waals surface area contributed by atoms with Crippen molar-refractivity contribution in [3.8, 4) is 0 Å². The first kappa shape index (κ1) is 11.0. The van der Waals surface area contributed by atoms with Crippen molar-refractivity contribution in [2.24, 2.45) is 5.92 Å². The van der Waals surface area contributed by atoms with E-state index in [2.05, 4.69) is 12.6 Å². The van der Waals surface area contributed by atoms with Crippen molar-refractivity contribution < 1.29 is 9.13 Å². The molecule has 1 aliphatic heterocycles. The number of ether oxygens (including phenoxy) is 1. The quantitative estimate of drug-likeness (QED) is 0.763. The summed E-state index contributed by atoms with van der Waals surface area (Å²) in [5.41, 5.74) is 1.03. The Morgan fingerprint density at radius 1 is 1.47 bits per heavy atom. The Morgan fingerprint density at radius 3 is 3.07 bits per heavy atom. The van der Waals surface area contributed by atoms with Gasteiger partial charge in [0, 0.05) is 11.9 Å². The first-order valence-electron chi connectivity index (χ1n) is 5.26. The molecule has 0 unspecified atom stereocenters. The monoisotopic (exact) mass is 226 g/mol. The lowest BCUT2D eigenvalue weighted by molar-refractivity contribution is 0.0596. The maximum atomic E-state index is 13.0. The minimum absolute atomic E-state index is 0.167. The highest BCUT2D eigenvalue weighted by molar-refractivity contribution is 7.81. The van der Waals surface area contributed by atoms with E-state index in [1.165, 1.54) is 6.07 Å². The van der Waals surface area contributed by atoms with Gasteiger partial charge in [-0.25, -0.2) is 4.39 Å². The Labute approximate surface area is 95.0 Å². The van der Waals surface area contributed by atoms with E-state index in [0.29, 0.717) is 11.2 Å². The fourth-order valence-electron chi connectivity index (χ4n) is 1.95. The molecule has 0 N–H and O–H groups in total. The fraction of sp³-hybridized carbons (Fsp3) is 0.500. The zero-order valence-electron chi connectivity index (χ0n) is 8.53. The molecule has 0 spiro atoms. The van der Waals surface area contributed by atoms with E-state index >= 15 is 0 Å². The standard InChI is InChI=1S/C12H15FOS/c13-11-3-1-2-9(7-11)6-10-8-14-5-4-12(10)15/h1-3,7,10,12,15H,4-6,8H2/t10-,12+/m0/s1. The topological polar surface area (TPSA) is 9.23 Å². The lowest BCUT2D eigenvalue weighted by Crippen LogP contribution is -2.29. The van der Waals surface area contributed by atoms with Crippen LogP contribution < -0.4 is 0 Å². The predicted octanol–water partition coefficient (Wildman–Crippen LogP) is 2.70. The average Bonchev–Trinajstić information content (AvgIpc) is 2.22. The SMILES string of the molecule is Fc1cccc(C[C@H]2COCC[C@H]2S)c1. The Hall–Kier alpha value is -0.540. The number of halogens is 1. The van der Waals surface area contributed by atoms with Crippen molar-refractivity contribution >= 4 is 12.6 Å². The third-order valence-electron chi connectivity index (χ3n) is 2.82. The van der Waals surface area contributed by atoms with Crippen LogP contribution in [0.25, 0.3) is 0 Å². The minimum Gasteiger partial charge on any atom is -0.381 e. The van der Waals surface area contributed by atoms with Crippen molar-refractivity contribution in [1.29, 1.82) is 0 Å². The molecule has 2 rings (SSSR count). The highest BCUT2D eigenvalue weighted by Gasteiger charge is 2.22. The molecule has 1 aromatic rings. The van der Waals surface area contributed by atoms with Crippen LogP contribution >= 0.6 is 12.6 Å². The number of hydrogen-bond donors (Lipinski definition) is 1. The Kier molecular flexibility index (Phi) is 3.65. The van der Waals surface area contributed by atoms with Crippen LogP contribution in [0.15, 0.2) is 24.3 Å².